The summed E-state index contributed by atoms with van der Waals surface area (Å²) in [5.41, 5.74) is 1.49. The van der Waals surface area contributed by atoms with Crippen molar-refractivity contribution in [1.29, 1.82) is 0 Å². The van der Waals surface area contributed by atoms with E-state index in [2.05, 4.69) is 0 Å². The fraction of sp³-hybridized carbons (Fsp3) is 0.0833. The van der Waals surface area contributed by atoms with Gasteiger partial charge < -0.3 is 0 Å². The van der Waals surface area contributed by atoms with Crippen molar-refractivity contribution >= 4 is 14.6 Å². The molecule has 1 aliphatic rings. The van der Waals surface area contributed by atoms with Crippen LogP contribution in [0.1, 0.15) is 0 Å². The molecule has 1 aliphatic carbocycles. The molecule has 0 aromatic heterocycles. The molecule has 0 aromatic carbocycles. The van der Waals surface area contributed by atoms with Gasteiger partial charge in [0.05, 0.1) is 0 Å². The molecule has 0 atom stereocenters. The van der Waals surface area contributed by atoms with Crippen LogP contribution in [0.2, 0.25) is 5.52 Å². The van der Waals surface area contributed by atoms with Gasteiger partial charge in [-0.05, 0) is 0 Å². The second-order valence-electron chi connectivity index (χ2n) is 3.37. The summed E-state index contributed by atoms with van der Waals surface area (Å²) < 4.78 is 0.525. The van der Waals surface area contributed by atoms with Crippen LogP contribution in [0.4, 0.5) is 0 Å². The van der Waals surface area contributed by atoms with E-state index in [0.717, 1.165) is 0 Å². The van der Waals surface area contributed by atoms with Crippen LogP contribution in [0.25, 0.3) is 0 Å². The molecule has 0 saturated heterocycles. The predicted octanol–water partition coefficient (Wildman–Crippen LogP) is 1.86. The van der Waals surface area contributed by atoms with Crippen molar-refractivity contribution in [3.05, 3.63) is 46.7 Å². The van der Waals surface area contributed by atoms with Crippen molar-refractivity contribution in [2.24, 2.45) is 0 Å². The van der Waals surface area contributed by atoms with E-state index < -0.39 is 13.6 Å². The zero-order valence-corrected chi connectivity index (χ0v) is 10.6. The fourth-order valence-corrected chi connectivity index (χ4v) is 3.98. The second-order valence-corrected chi connectivity index (χ2v) is 12.7. The third kappa shape index (κ3) is 2.07. The van der Waals surface area contributed by atoms with Gasteiger partial charge in [-0.3, -0.25) is 0 Å². The molecule has 0 spiro atoms. The van der Waals surface area contributed by atoms with Gasteiger partial charge in [-0.15, -0.1) is 0 Å². The van der Waals surface area contributed by atoms with Gasteiger partial charge >= 0.3 is 94.8 Å². The summed E-state index contributed by atoms with van der Waals surface area (Å²) >= 11 is -4.27. The van der Waals surface area contributed by atoms with Gasteiger partial charge in [0.1, 0.15) is 0 Å². The molecule has 4 heteroatoms. The third-order valence-corrected chi connectivity index (χ3v) is 8.75. The molecule has 0 saturated carbocycles. The summed E-state index contributed by atoms with van der Waals surface area (Å²) in [5, 5.41) is 0. The van der Waals surface area contributed by atoms with E-state index in [1.807, 2.05) is 6.08 Å². The Morgan fingerprint density at radius 1 is 0.875 bits per heavy atom. The molecule has 0 amide bonds. The summed E-state index contributed by atoms with van der Waals surface area (Å²) in [6, 6.07) is 0. The topological polar surface area (TPSA) is 51.2 Å². The minimum absolute atomic E-state index is 0.525. The van der Waals surface area contributed by atoms with E-state index >= 15 is 0 Å². The normalized spacial score (nSPS) is 17.6. The van der Waals surface area contributed by atoms with E-state index in [4.69, 9.17) is 0 Å². The Bertz CT molecular complexity index is 417. The first kappa shape index (κ1) is 12.7. The Labute approximate surface area is 95.0 Å². The fourth-order valence-electron chi connectivity index (χ4n) is 1.06. The van der Waals surface area contributed by atoms with Crippen molar-refractivity contribution in [2.75, 3.05) is 0 Å². The zero-order chi connectivity index (χ0) is 12.1. The summed E-state index contributed by atoms with van der Waals surface area (Å²) in [6.07, 6.45) is 12.1. The molecular formula is C12H13O3Ru. The first-order chi connectivity index (χ1) is 7.59. The molecule has 0 heterocycles. The maximum absolute atomic E-state index is 11.2. The van der Waals surface area contributed by atoms with E-state index in [1.165, 1.54) is 5.52 Å². The molecule has 1 rings (SSSR count). The van der Waals surface area contributed by atoms with Gasteiger partial charge in [0, 0.05) is 0 Å². The first-order valence-corrected chi connectivity index (χ1v) is 10.0. The van der Waals surface area contributed by atoms with Gasteiger partial charge in [-0.25, -0.2) is 0 Å². The summed E-state index contributed by atoms with van der Waals surface area (Å²) in [5.74, 6) is 0. The summed E-state index contributed by atoms with van der Waals surface area (Å²) in [4.78, 5) is 35.3. The van der Waals surface area contributed by atoms with Crippen molar-refractivity contribution < 1.29 is 28.0 Å². The maximum atomic E-state index is 11.2. The molecule has 87 valence electrons. The van der Waals surface area contributed by atoms with E-state index in [9.17, 15) is 14.4 Å². The van der Waals surface area contributed by atoms with Gasteiger partial charge in [-0.1, -0.05) is 0 Å². The van der Waals surface area contributed by atoms with E-state index in [1.54, 1.807) is 36.5 Å². The van der Waals surface area contributed by atoms with Crippen molar-refractivity contribution in [3.8, 4) is 0 Å². The van der Waals surface area contributed by atoms with Gasteiger partial charge in [-0.2, -0.15) is 0 Å². The number of carbonyl (C=O) groups is 3. The Morgan fingerprint density at radius 3 is 1.94 bits per heavy atom. The zero-order valence-electron chi connectivity index (χ0n) is 8.85. The van der Waals surface area contributed by atoms with Crippen molar-refractivity contribution in [1.82, 2.24) is 0 Å². The second kappa shape index (κ2) is 4.62. The van der Waals surface area contributed by atoms with Crippen LogP contribution in [0, 0.1) is 0 Å². The number of allylic oxidation sites excluding steroid dienone is 8. The molecule has 0 aromatic rings. The molecular weight excluding hydrogens is 293 g/mol. The number of rotatable bonds is 4. The van der Waals surface area contributed by atoms with Crippen LogP contribution in [-0.2, 0) is 28.0 Å². The van der Waals surface area contributed by atoms with Gasteiger partial charge in [0.2, 0.25) is 0 Å². The SMILES string of the molecule is [CH3][Ru]([CH]=O)([CH]=O)([CH]=O)[C]1=CC=CC=CC=C1. The quantitative estimate of drug-likeness (QED) is 0.588. The average molecular weight is 306 g/mol. The molecule has 0 radical (unpaired) electrons. The molecule has 16 heavy (non-hydrogen) atoms. The van der Waals surface area contributed by atoms with Gasteiger partial charge in [0.15, 0.2) is 0 Å². The van der Waals surface area contributed by atoms with E-state index in [0.29, 0.717) is 18.8 Å². The van der Waals surface area contributed by atoms with Crippen LogP contribution >= 0.6 is 0 Å². The van der Waals surface area contributed by atoms with Crippen LogP contribution in [0.3, 0.4) is 0 Å². The van der Waals surface area contributed by atoms with Crippen molar-refractivity contribution in [2.45, 2.75) is 5.52 Å². The van der Waals surface area contributed by atoms with Gasteiger partial charge in [0.25, 0.3) is 0 Å². The monoisotopic (exact) mass is 307 g/mol. The summed E-state index contributed by atoms with van der Waals surface area (Å²) in [6.45, 7) is 0. The molecule has 0 unspecified atom stereocenters. The Kier molecular flexibility index (Phi) is 3.66. The number of hydrogen-bond donors (Lipinski definition) is 0. The molecule has 0 bridgehead atoms. The predicted molar refractivity (Wildman–Crippen MR) is 61.6 cm³/mol. The van der Waals surface area contributed by atoms with Crippen LogP contribution in [0.5, 0.6) is 0 Å². The van der Waals surface area contributed by atoms with Crippen LogP contribution < -0.4 is 0 Å². The molecule has 0 fully saturated rings. The molecule has 0 N–H and O–H groups in total. The van der Waals surface area contributed by atoms with Crippen LogP contribution in [-0.4, -0.2) is 14.6 Å². The van der Waals surface area contributed by atoms with Crippen molar-refractivity contribution in [3.63, 3.8) is 0 Å². The molecule has 0 aliphatic heterocycles. The van der Waals surface area contributed by atoms with Crippen LogP contribution in [0.15, 0.2) is 46.7 Å². The standard InChI is InChI=1S/C8H7.3CHO.CH3.Ru/c1-2-4-6-8-7-5-3-1;3*1-2;;/h1-7H;3*1H;1H3;. The molecule has 3 nitrogen and oxygen atoms in total. The third-order valence-electron chi connectivity index (χ3n) is 2.17. The first-order valence-electron chi connectivity index (χ1n) is 4.43. The Hall–Kier alpha value is -1.41. The number of carbonyl (C=O) groups excluding carboxylic acids is 3. The van der Waals surface area contributed by atoms with E-state index in [-0.39, 0.29) is 0 Å². The number of hydrogen-bond acceptors (Lipinski definition) is 3. The summed E-state index contributed by atoms with van der Waals surface area (Å²) in [7, 11) is 0. The Morgan fingerprint density at radius 2 is 1.38 bits per heavy atom. The minimum atomic E-state index is -4.27. The average Bonchev–Trinajstić information content (AvgIpc) is 2.28. The Balaban J connectivity index is 3.40.